The smallest absolute Gasteiger partial charge is 0.354 e. The van der Waals surface area contributed by atoms with Gasteiger partial charge in [0.2, 0.25) is 0 Å². The molecule has 1 atom stereocenters. The molecule has 4 N–H and O–H groups in total. The number of hydrogen-bond acceptors (Lipinski definition) is 6. The summed E-state index contributed by atoms with van der Waals surface area (Å²) in [5, 5.41) is 18.9. The Kier molecular flexibility index (Phi) is 4.85. The molecule has 4 rings (SSSR count). The monoisotopic (exact) mass is 434 g/mol. The number of nitrogens with one attached hydrogen (secondary N) is 1. The minimum absolute atomic E-state index is 0.00393. The molecule has 1 aromatic heterocycles. The molecule has 1 aromatic carbocycles. The van der Waals surface area contributed by atoms with E-state index >= 15 is 0 Å². The number of aryl methyl sites for hydroxylation is 2. The SMILES string of the molecule is CC(C)(O)c1ncc(S(N)(=O)=NC(=O)Nc2c3c(cc4c2C(=O)CC4)CCC3)s1. The van der Waals surface area contributed by atoms with Crippen molar-refractivity contribution in [1.29, 1.82) is 0 Å². The number of carbonyl (C=O) groups excluding carboxylic acids is 2. The molecule has 0 saturated heterocycles. The van der Waals surface area contributed by atoms with Gasteiger partial charge in [-0.25, -0.2) is 19.1 Å². The van der Waals surface area contributed by atoms with Crippen LogP contribution < -0.4 is 10.5 Å². The maximum Gasteiger partial charge on any atom is 0.354 e. The highest BCUT2D eigenvalue weighted by atomic mass is 32.2. The van der Waals surface area contributed by atoms with E-state index in [9.17, 15) is 18.9 Å². The molecule has 2 aliphatic carbocycles. The molecule has 0 aliphatic heterocycles. The number of Topliss-reactive ketones (excluding diaryl/α,β-unsaturated/α-hetero) is 1. The van der Waals surface area contributed by atoms with Gasteiger partial charge in [0.05, 0.1) is 11.9 Å². The van der Waals surface area contributed by atoms with Crippen molar-refractivity contribution in [2.45, 2.75) is 55.8 Å². The average molecular weight is 435 g/mol. The maximum absolute atomic E-state index is 12.8. The van der Waals surface area contributed by atoms with Crippen LogP contribution in [0.4, 0.5) is 10.5 Å². The molecule has 0 saturated carbocycles. The summed E-state index contributed by atoms with van der Waals surface area (Å²) in [4.78, 5) is 29.0. The number of urea groups is 1. The first-order valence-electron chi connectivity index (χ1n) is 9.31. The molecule has 29 heavy (non-hydrogen) atoms. The average Bonchev–Trinajstić information content (AvgIpc) is 3.33. The van der Waals surface area contributed by atoms with Crippen LogP contribution in [0.15, 0.2) is 20.8 Å². The zero-order valence-corrected chi connectivity index (χ0v) is 17.8. The van der Waals surface area contributed by atoms with Gasteiger partial charge in [-0.3, -0.25) is 4.79 Å². The minimum Gasteiger partial charge on any atom is -0.383 e. The van der Waals surface area contributed by atoms with E-state index in [1.54, 1.807) is 13.8 Å². The van der Waals surface area contributed by atoms with Crippen molar-refractivity contribution in [2.24, 2.45) is 9.50 Å². The van der Waals surface area contributed by atoms with Gasteiger partial charge in [0.25, 0.3) is 0 Å². The number of aliphatic hydroxyl groups is 1. The molecule has 2 aromatic rings. The number of amides is 2. The number of fused-ring (bicyclic) bond motifs is 2. The molecular weight excluding hydrogens is 412 g/mol. The number of ketones is 1. The van der Waals surface area contributed by atoms with E-state index in [1.165, 1.54) is 6.20 Å². The van der Waals surface area contributed by atoms with Crippen LogP contribution in [0.2, 0.25) is 0 Å². The van der Waals surface area contributed by atoms with E-state index in [2.05, 4.69) is 20.7 Å². The van der Waals surface area contributed by atoms with E-state index in [1.807, 2.05) is 0 Å². The molecule has 2 aliphatic rings. The van der Waals surface area contributed by atoms with Crippen LogP contribution in [0.3, 0.4) is 0 Å². The largest absolute Gasteiger partial charge is 0.383 e. The summed E-state index contributed by atoms with van der Waals surface area (Å²) in [5.74, 6) is -0.00393. The van der Waals surface area contributed by atoms with Crippen LogP contribution in [0.5, 0.6) is 0 Å². The summed E-state index contributed by atoms with van der Waals surface area (Å²) in [7, 11) is -3.54. The van der Waals surface area contributed by atoms with Crippen molar-refractivity contribution < 1.29 is 18.9 Å². The fourth-order valence-corrected chi connectivity index (χ4v) is 5.87. The quantitative estimate of drug-likeness (QED) is 0.683. The minimum atomic E-state index is -3.54. The third kappa shape index (κ3) is 3.73. The molecule has 0 radical (unpaired) electrons. The van der Waals surface area contributed by atoms with Gasteiger partial charge < -0.3 is 10.4 Å². The lowest BCUT2D eigenvalue weighted by atomic mass is 9.98. The second-order valence-electron chi connectivity index (χ2n) is 7.83. The highest BCUT2D eigenvalue weighted by Crippen LogP contribution is 2.38. The molecule has 154 valence electrons. The van der Waals surface area contributed by atoms with Gasteiger partial charge in [0, 0.05) is 12.0 Å². The van der Waals surface area contributed by atoms with Crippen molar-refractivity contribution in [1.82, 2.24) is 4.98 Å². The van der Waals surface area contributed by atoms with Gasteiger partial charge in [-0.15, -0.1) is 15.7 Å². The normalized spacial score (nSPS) is 17.6. The number of nitrogens with zero attached hydrogens (tertiary/aromatic N) is 2. The standard InChI is InChI=1S/C19H22N4O4S2/c1-19(2,26)17-21-9-14(28-17)29(20,27)23-18(25)22-16-12-5-3-4-10(12)8-11-6-7-13(24)15(11)16/h8-9,26H,3-7H2,1-2H3,(H3,20,22,23,25,27). The lowest BCUT2D eigenvalue weighted by Gasteiger charge is -2.14. The van der Waals surface area contributed by atoms with Crippen LogP contribution in [-0.2, 0) is 34.8 Å². The molecule has 0 bridgehead atoms. The fraction of sp³-hybridized carbons (Fsp3) is 0.421. The number of nitrogens with two attached hydrogens (primary N) is 1. The third-order valence-corrected chi connectivity index (χ3v) is 8.32. The molecule has 2 amide bonds. The number of benzene rings is 1. The van der Waals surface area contributed by atoms with Crippen molar-refractivity contribution >= 4 is 38.8 Å². The van der Waals surface area contributed by atoms with Crippen LogP contribution >= 0.6 is 11.3 Å². The lowest BCUT2D eigenvalue weighted by Crippen LogP contribution is -2.18. The summed E-state index contributed by atoms with van der Waals surface area (Å²) < 4.78 is 16.6. The Morgan fingerprint density at radius 2 is 2.07 bits per heavy atom. The molecule has 1 heterocycles. The first kappa shape index (κ1) is 20.1. The molecule has 8 nitrogen and oxygen atoms in total. The zero-order valence-electron chi connectivity index (χ0n) is 16.2. The van der Waals surface area contributed by atoms with E-state index in [0.29, 0.717) is 29.1 Å². The zero-order chi connectivity index (χ0) is 21.0. The number of anilines is 1. The van der Waals surface area contributed by atoms with Gasteiger partial charge in [-0.2, -0.15) is 0 Å². The van der Waals surface area contributed by atoms with Crippen LogP contribution in [0.25, 0.3) is 0 Å². The van der Waals surface area contributed by atoms with E-state index in [-0.39, 0.29) is 9.99 Å². The Balaban J connectivity index is 1.68. The Morgan fingerprint density at radius 1 is 1.31 bits per heavy atom. The Hall–Kier alpha value is -2.14. The summed E-state index contributed by atoms with van der Waals surface area (Å²) in [6.07, 6.45) is 4.99. The van der Waals surface area contributed by atoms with Gasteiger partial charge in [0.15, 0.2) is 15.7 Å². The topological polar surface area (TPSA) is 135 Å². The van der Waals surface area contributed by atoms with Crippen LogP contribution in [0.1, 0.15) is 58.7 Å². The number of rotatable bonds is 3. The predicted octanol–water partition coefficient (Wildman–Crippen LogP) is 2.92. The first-order valence-corrected chi connectivity index (χ1v) is 11.7. The molecule has 0 spiro atoms. The van der Waals surface area contributed by atoms with Gasteiger partial charge in [-0.1, -0.05) is 6.07 Å². The van der Waals surface area contributed by atoms with E-state index in [0.717, 1.165) is 47.3 Å². The lowest BCUT2D eigenvalue weighted by molar-refractivity contribution is 0.0782. The highest BCUT2D eigenvalue weighted by Gasteiger charge is 2.30. The predicted molar refractivity (Wildman–Crippen MR) is 111 cm³/mol. The second kappa shape index (κ2) is 6.98. The Bertz CT molecular complexity index is 1150. The summed E-state index contributed by atoms with van der Waals surface area (Å²) in [6, 6.07) is 1.20. The van der Waals surface area contributed by atoms with Gasteiger partial charge >= 0.3 is 6.03 Å². The van der Waals surface area contributed by atoms with Crippen molar-refractivity contribution in [3.05, 3.63) is 39.5 Å². The van der Waals surface area contributed by atoms with Crippen molar-refractivity contribution in [2.75, 3.05) is 5.32 Å². The summed E-state index contributed by atoms with van der Waals surface area (Å²) >= 11 is 0.946. The second-order valence-corrected chi connectivity index (χ2v) is 10.9. The highest BCUT2D eigenvalue weighted by molar-refractivity contribution is 7.93. The van der Waals surface area contributed by atoms with Crippen molar-refractivity contribution in [3.63, 3.8) is 0 Å². The summed E-state index contributed by atoms with van der Waals surface area (Å²) in [6.45, 7) is 3.09. The number of hydrogen-bond donors (Lipinski definition) is 3. The van der Waals surface area contributed by atoms with Crippen LogP contribution in [-0.4, -0.2) is 26.1 Å². The Morgan fingerprint density at radius 3 is 2.76 bits per heavy atom. The van der Waals surface area contributed by atoms with Crippen LogP contribution in [0, 0.1) is 0 Å². The molecular formula is C19H22N4O4S2. The molecule has 10 heteroatoms. The Labute approximate surface area is 172 Å². The first-order chi connectivity index (χ1) is 13.6. The molecule has 0 fully saturated rings. The van der Waals surface area contributed by atoms with E-state index in [4.69, 9.17) is 5.14 Å². The number of carbonyl (C=O) groups is 2. The maximum atomic E-state index is 12.8. The van der Waals surface area contributed by atoms with E-state index < -0.39 is 21.5 Å². The third-order valence-electron chi connectivity index (χ3n) is 5.13. The van der Waals surface area contributed by atoms with Gasteiger partial charge in [-0.05, 0) is 56.2 Å². The van der Waals surface area contributed by atoms with Gasteiger partial charge in [0.1, 0.15) is 14.8 Å². The molecule has 1 unspecified atom stereocenters. The fourth-order valence-electron chi connectivity index (χ4n) is 3.81. The number of aromatic nitrogens is 1. The summed E-state index contributed by atoms with van der Waals surface area (Å²) in [5.41, 5.74) is 2.85. The number of thiazole rings is 1. The van der Waals surface area contributed by atoms with Crippen molar-refractivity contribution in [3.8, 4) is 0 Å².